The van der Waals surface area contributed by atoms with E-state index in [-0.39, 0.29) is 5.91 Å². The summed E-state index contributed by atoms with van der Waals surface area (Å²) in [6.45, 7) is 3.95. The van der Waals surface area contributed by atoms with E-state index in [9.17, 15) is 4.79 Å². The summed E-state index contributed by atoms with van der Waals surface area (Å²) < 4.78 is 5.36. The largest absolute Gasteiger partial charge is 0.462 e. The lowest BCUT2D eigenvalue weighted by molar-refractivity contribution is -0.134. The zero-order chi connectivity index (χ0) is 15.6. The van der Waals surface area contributed by atoms with E-state index in [0.29, 0.717) is 12.5 Å². The summed E-state index contributed by atoms with van der Waals surface area (Å²) in [4.78, 5) is 21.7. The van der Waals surface area contributed by atoms with Crippen LogP contribution in [0.25, 0.3) is 10.8 Å². The lowest BCUT2D eigenvalue weighted by Crippen LogP contribution is -2.56. The third-order valence-corrected chi connectivity index (χ3v) is 5.71. The summed E-state index contributed by atoms with van der Waals surface area (Å²) in [5, 5.41) is 2.81. The van der Waals surface area contributed by atoms with E-state index in [2.05, 4.69) is 9.88 Å². The Kier molecular flexibility index (Phi) is 4.18. The highest BCUT2D eigenvalue weighted by Gasteiger charge is 2.31. The summed E-state index contributed by atoms with van der Waals surface area (Å²) in [7, 11) is 0. The smallest absolute Gasteiger partial charge is 0.228 e. The first kappa shape index (κ1) is 14.9. The highest BCUT2D eigenvalue weighted by molar-refractivity contribution is 7.13. The van der Waals surface area contributed by atoms with Crippen LogP contribution in [0.15, 0.2) is 28.2 Å². The Balaban J connectivity index is 1.38. The van der Waals surface area contributed by atoms with Gasteiger partial charge in [0.1, 0.15) is 0 Å². The molecule has 0 aromatic carbocycles. The number of piperazine rings is 1. The minimum atomic E-state index is 0.200. The number of hydrogen-bond donors (Lipinski definition) is 0. The Morgan fingerprint density at radius 3 is 3.17 bits per heavy atom. The van der Waals surface area contributed by atoms with E-state index in [1.54, 1.807) is 6.26 Å². The molecule has 23 heavy (non-hydrogen) atoms. The molecule has 5 nitrogen and oxygen atoms in total. The minimum absolute atomic E-state index is 0.200. The predicted molar refractivity (Wildman–Crippen MR) is 89.3 cm³/mol. The van der Waals surface area contributed by atoms with Crippen molar-refractivity contribution in [2.75, 3.05) is 26.2 Å². The second kappa shape index (κ2) is 6.45. The van der Waals surface area contributed by atoms with E-state index >= 15 is 0 Å². The number of hydrogen-bond acceptors (Lipinski definition) is 5. The molecule has 2 fully saturated rings. The maximum absolute atomic E-state index is 12.6. The second-order valence-electron chi connectivity index (χ2n) is 6.32. The van der Waals surface area contributed by atoms with Crippen LogP contribution in [0.4, 0.5) is 0 Å². The first-order chi connectivity index (χ1) is 11.3. The summed E-state index contributed by atoms with van der Waals surface area (Å²) in [6, 6.07) is 4.31. The predicted octanol–water partition coefficient (Wildman–Crippen LogP) is 2.64. The maximum Gasteiger partial charge on any atom is 0.228 e. The van der Waals surface area contributed by atoms with Crippen LogP contribution in [0.5, 0.6) is 0 Å². The topological polar surface area (TPSA) is 49.6 Å². The van der Waals surface area contributed by atoms with Crippen LogP contribution in [0.2, 0.25) is 0 Å². The molecule has 4 rings (SSSR count). The fourth-order valence-electron chi connectivity index (χ4n) is 3.55. The summed E-state index contributed by atoms with van der Waals surface area (Å²) in [6.07, 6.45) is 5.86. The molecule has 0 N–H and O–H groups in total. The van der Waals surface area contributed by atoms with Crippen molar-refractivity contribution in [3.63, 3.8) is 0 Å². The Hall–Kier alpha value is -1.66. The molecule has 0 radical (unpaired) electrons. The number of carbonyl (C=O) groups is 1. The van der Waals surface area contributed by atoms with Gasteiger partial charge in [-0.1, -0.05) is 6.42 Å². The fraction of sp³-hybridized carbons (Fsp3) is 0.529. The van der Waals surface area contributed by atoms with Crippen LogP contribution >= 0.6 is 11.3 Å². The molecule has 2 aliphatic heterocycles. The quantitative estimate of drug-likeness (QED) is 0.867. The highest BCUT2D eigenvalue weighted by atomic mass is 32.1. The van der Waals surface area contributed by atoms with Crippen LogP contribution in [0, 0.1) is 0 Å². The third-order valence-electron chi connectivity index (χ3n) is 4.81. The molecular weight excluding hydrogens is 310 g/mol. The van der Waals surface area contributed by atoms with E-state index in [1.165, 1.54) is 37.1 Å². The van der Waals surface area contributed by atoms with Crippen molar-refractivity contribution in [1.29, 1.82) is 0 Å². The first-order valence-electron chi connectivity index (χ1n) is 8.30. The minimum Gasteiger partial charge on any atom is -0.462 e. The van der Waals surface area contributed by atoms with Crippen molar-refractivity contribution in [3.8, 4) is 10.8 Å². The molecule has 2 aromatic rings. The number of piperidine rings is 1. The SMILES string of the molecule is O=C(Cc1csc(-c2ccco2)n1)N1CCN2CCCC[C@@H]2C1. The number of carbonyl (C=O) groups excluding carboxylic acids is 1. The first-order valence-corrected chi connectivity index (χ1v) is 9.17. The molecule has 6 heteroatoms. The normalized spacial score (nSPS) is 22.1. The van der Waals surface area contributed by atoms with Crippen LogP contribution in [0.1, 0.15) is 25.0 Å². The van der Waals surface area contributed by atoms with Crippen LogP contribution in [0.3, 0.4) is 0 Å². The van der Waals surface area contributed by atoms with Gasteiger partial charge in [0, 0.05) is 31.1 Å². The van der Waals surface area contributed by atoms with Gasteiger partial charge in [0.25, 0.3) is 0 Å². The standard InChI is InChI=1S/C17H21N3O2S/c21-16(20-8-7-19-6-2-1-4-14(19)11-20)10-13-12-23-17(18-13)15-5-3-9-22-15/h3,5,9,12,14H,1-2,4,6-8,10-11H2/t14-/m1/s1. The zero-order valence-electron chi connectivity index (χ0n) is 13.1. The van der Waals surface area contributed by atoms with Gasteiger partial charge in [0.05, 0.1) is 18.4 Å². The molecule has 0 saturated carbocycles. The van der Waals surface area contributed by atoms with Gasteiger partial charge < -0.3 is 9.32 Å². The summed E-state index contributed by atoms with van der Waals surface area (Å²) >= 11 is 1.53. The average molecular weight is 331 g/mol. The monoisotopic (exact) mass is 331 g/mol. The molecular formula is C17H21N3O2S. The lowest BCUT2D eigenvalue weighted by Gasteiger charge is -2.44. The second-order valence-corrected chi connectivity index (χ2v) is 7.18. The Labute approximate surface area is 139 Å². The average Bonchev–Trinajstić information content (AvgIpc) is 3.25. The summed E-state index contributed by atoms with van der Waals surface area (Å²) in [5.74, 6) is 0.969. The zero-order valence-corrected chi connectivity index (χ0v) is 13.9. The molecule has 122 valence electrons. The number of thiazole rings is 1. The fourth-order valence-corrected chi connectivity index (χ4v) is 4.34. The Bertz CT molecular complexity index is 667. The molecule has 0 aliphatic carbocycles. The van der Waals surface area contributed by atoms with E-state index in [4.69, 9.17) is 4.42 Å². The van der Waals surface area contributed by atoms with Crippen LogP contribution in [-0.4, -0.2) is 52.9 Å². The maximum atomic E-state index is 12.6. The van der Waals surface area contributed by atoms with Gasteiger partial charge in [0.15, 0.2) is 10.8 Å². The number of nitrogens with zero attached hydrogens (tertiary/aromatic N) is 3. The number of fused-ring (bicyclic) bond motifs is 1. The van der Waals surface area contributed by atoms with Gasteiger partial charge in [-0.05, 0) is 31.5 Å². The van der Waals surface area contributed by atoms with Crippen LogP contribution in [-0.2, 0) is 11.2 Å². The van der Waals surface area contributed by atoms with Gasteiger partial charge in [-0.15, -0.1) is 11.3 Å². The molecule has 2 aliphatic rings. The number of furan rings is 1. The lowest BCUT2D eigenvalue weighted by atomic mass is 9.99. The number of aromatic nitrogens is 1. The molecule has 4 heterocycles. The van der Waals surface area contributed by atoms with E-state index < -0.39 is 0 Å². The van der Waals surface area contributed by atoms with Gasteiger partial charge in [-0.25, -0.2) is 4.98 Å². The number of rotatable bonds is 3. The Morgan fingerprint density at radius 1 is 1.35 bits per heavy atom. The molecule has 0 unspecified atom stereocenters. The third kappa shape index (κ3) is 3.19. The molecule has 0 bridgehead atoms. The van der Waals surface area contributed by atoms with Crippen molar-refractivity contribution in [2.45, 2.75) is 31.7 Å². The molecule has 2 aromatic heterocycles. The number of amides is 1. The van der Waals surface area contributed by atoms with E-state index in [1.807, 2.05) is 22.4 Å². The van der Waals surface area contributed by atoms with Gasteiger partial charge >= 0.3 is 0 Å². The van der Waals surface area contributed by atoms with Gasteiger partial charge in [-0.2, -0.15) is 0 Å². The molecule has 1 amide bonds. The molecule has 0 spiro atoms. The van der Waals surface area contributed by atoms with Crippen molar-refractivity contribution in [1.82, 2.24) is 14.8 Å². The van der Waals surface area contributed by atoms with Crippen molar-refractivity contribution in [2.24, 2.45) is 0 Å². The van der Waals surface area contributed by atoms with Gasteiger partial charge in [-0.3, -0.25) is 9.69 Å². The van der Waals surface area contributed by atoms with Crippen molar-refractivity contribution >= 4 is 17.2 Å². The Morgan fingerprint density at radius 2 is 2.30 bits per heavy atom. The van der Waals surface area contributed by atoms with Crippen LogP contribution < -0.4 is 0 Å². The van der Waals surface area contributed by atoms with E-state index in [0.717, 1.165) is 36.1 Å². The molecule has 1 atom stereocenters. The van der Waals surface area contributed by atoms with Crippen molar-refractivity contribution in [3.05, 3.63) is 29.5 Å². The van der Waals surface area contributed by atoms with Gasteiger partial charge in [0.2, 0.25) is 5.91 Å². The highest BCUT2D eigenvalue weighted by Crippen LogP contribution is 2.25. The summed E-state index contributed by atoms with van der Waals surface area (Å²) in [5.41, 5.74) is 0.845. The van der Waals surface area contributed by atoms with Crippen molar-refractivity contribution < 1.29 is 9.21 Å². The molecule has 2 saturated heterocycles.